The van der Waals surface area contributed by atoms with Gasteiger partial charge in [0.2, 0.25) is 11.8 Å². The summed E-state index contributed by atoms with van der Waals surface area (Å²) in [6, 6.07) is 25.8. The van der Waals surface area contributed by atoms with E-state index in [0.717, 1.165) is 22.5 Å². The highest BCUT2D eigenvalue weighted by molar-refractivity contribution is 5.97. The van der Waals surface area contributed by atoms with Crippen molar-refractivity contribution in [2.24, 2.45) is 0 Å². The number of benzene rings is 3. The van der Waals surface area contributed by atoms with Gasteiger partial charge in [-0.1, -0.05) is 66.2 Å². The standard InChI is InChI=1S/C24H25N3O2/c1-18-13-15-21(16-14-18)25-22(28)17-27(2)23(19-9-5-3-6-10-19)24(29)26-20-11-7-4-8-12-20/h3-16,23H,17H2,1-2H3,(H,25,28)(H,26,29). The number of nitrogens with zero attached hydrogens (tertiary/aromatic N) is 1. The predicted octanol–water partition coefficient (Wildman–Crippen LogP) is 4.25. The first-order valence-electron chi connectivity index (χ1n) is 9.50. The molecular formula is C24H25N3O2. The predicted molar refractivity (Wildman–Crippen MR) is 117 cm³/mol. The van der Waals surface area contributed by atoms with Gasteiger partial charge >= 0.3 is 0 Å². The average molecular weight is 387 g/mol. The molecule has 2 amide bonds. The lowest BCUT2D eigenvalue weighted by Gasteiger charge is -2.27. The third kappa shape index (κ3) is 5.77. The van der Waals surface area contributed by atoms with Crippen LogP contribution in [0.25, 0.3) is 0 Å². The van der Waals surface area contributed by atoms with E-state index in [9.17, 15) is 9.59 Å². The first-order chi connectivity index (χ1) is 14.0. The molecule has 29 heavy (non-hydrogen) atoms. The Morgan fingerprint density at radius 1 is 0.793 bits per heavy atom. The Morgan fingerprint density at radius 3 is 1.97 bits per heavy atom. The first kappa shape index (κ1) is 20.3. The molecule has 148 valence electrons. The van der Waals surface area contributed by atoms with Crippen molar-refractivity contribution in [1.29, 1.82) is 0 Å². The Bertz CT molecular complexity index is 941. The summed E-state index contributed by atoms with van der Waals surface area (Å²) in [6.07, 6.45) is 0. The number of rotatable bonds is 7. The van der Waals surface area contributed by atoms with Crippen LogP contribution in [-0.4, -0.2) is 30.3 Å². The summed E-state index contributed by atoms with van der Waals surface area (Å²) in [4.78, 5) is 27.3. The van der Waals surface area contributed by atoms with E-state index in [2.05, 4.69) is 10.6 Å². The number of amides is 2. The Morgan fingerprint density at radius 2 is 1.34 bits per heavy atom. The summed E-state index contributed by atoms with van der Waals surface area (Å²) < 4.78 is 0. The van der Waals surface area contributed by atoms with Gasteiger partial charge in [0, 0.05) is 11.4 Å². The molecule has 0 aromatic heterocycles. The molecule has 3 rings (SSSR count). The molecule has 0 saturated heterocycles. The van der Waals surface area contributed by atoms with Gasteiger partial charge in [-0.3, -0.25) is 14.5 Å². The third-order valence-electron chi connectivity index (χ3n) is 4.57. The molecule has 3 aromatic carbocycles. The lowest BCUT2D eigenvalue weighted by Crippen LogP contribution is -2.39. The second kappa shape index (κ2) is 9.66. The monoisotopic (exact) mass is 387 g/mol. The van der Waals surface area contributed by atoms with Crippen molar-refractivity contribution in [3.63, 3.8) is 0 Å². The molecule has 0 radical (unpaired) electrons. The molecule has 1 atom stereocenters. The molecule has 0 aliphatic heterocycles. The Hall–Kier alpha value is -3.44. The molecule has 5 heteroatoms. The highest BCUT2D eigenvalue weighted by atomic mass is 16.2. The molecule has 0 aliphatic carbocycles. The van der Waals surface area contributed by atoms with Crippen molar-refractivity contribution in [2.45, 2.75) is 13.0 Å². The summed E-state index contributed by atoms with van der Waals surface area (Å²) in [5.74, 6) is -0.363. The summed E-state index contributed by atoms with van der Waals surface area (Å²) in [7, 11) is 1.77. The van der Waals surface area contributed by atoms with Crippen molar-refractivity contribution in [2.75, 3.05) is 24.2 Å². The number of nitrogens with one attached hydrogen (secondary N) is 2. The van der Waals surface area contributed by atoms with Crippen LogP contribution in [0, 0.1) is 6.92 Å². The van der Waals surface area contributed by atoms with Gasteiger partial charge < -0.3 is 10.6 Å². The summed E-state index contributed by atoms with van der Waals surface area (Å²) >= 11 is 0. The smallest absolute Gasteiger partial charge is 0.246 e. The van der Waals surface area contributed by atoms with Crippen LogP contribution in [0.3, 0.4) is 0 Å². The number of hydrogen-bond acceptors (Lipinski definition) is 3. The van der Waals surface area contributed by atoms with Gasteiger partial charge in [-0.05, 0) is 43.8 Å². The van der Waals surface area contributed by atoms with Gasteiger partial charge in [0.05, 0.1) is 6.54 Å². The lowest BCUT2D eigenvalue weighted by molar-refractivity contribution is -0.123. The van der Waals surface area contributed by atoms with Crippen LogP contribution in [0.1, 0.15) is 17.2 Å². The first-order valence-corrected chi connectivity index (χ1v) is 9.50. The maximum absolute atomic E-state index is 13.0. The fraction of sp³-hybridized carbons (Fsp3) is 0.167. The number of carbonyl (C=O) groups excluding carboxylic acids is 2. The quantitative estimate of drug-likeness (QED) is 0.637. The van der Waals surface area contributed by atoms with Crippen LogP contribution in [0.5, 0.6) is 0 Å². The maximum atomic E-state index is 13.0. The Kier molecular flexibility index (Phi) is 6.76. The fourth-order valence-corrected chi connectivity index (χ4v) is 3.13. The summed E-state index contributed by atoms with van der Waals surface area (Å²) in [5.41, 5.74) is 3.41. The maximum Gasteiger partial charge on any atom is 0.246 e. The topological polar surface area (TPSA) is 61.4 Å². The zero-order valence-electron chi connectivity index (χ0n) is 16.6. The number of likely N-dealkylation sites (N-methyl/N-ethyl adjacent to an activating group) is 1. The summed E-state index contributed by atoms with van der Waals surface area (Å²) in [5, 5.41) is 5.82. The second-order valence-corrected chi connectivity index (χ2v) is 7.00. The minimum Gasteiger partial charge on any atom is -0.325 e. The van der Waals surface area contributed by atoms with E-state index in [1.165, 1.54) is 0 Å². The molecule has 0 saturated carbocycles. The minimum atomic E-state index is -0.597. The number of para-hydroxylation sites is 1. The highest BCUT2D eigenvalue weighted by Crippen LogP contribution is 2.22. The van der Waals surface area contributed by atoms with Gasteiger partial charge in [-0.25, -0.2) is 0 Å². The van der Waals surface area contributed by atoms with Gasteiger partial charge in [0.25, 0.3) is 0 Å². The van der Waals surface area contributed by atoms with Crippen molar-refractivity contribution < 1.29 is 9.59 Å². The molecule has 0 spiro atoms. The molecule has 0 fully saturated rings. The Balaban J connectivity index is 1.73. The number of carbonyl (C=O) groups is 2. The van der Waals surface area contributed by atoms with E-state index in [-0.39, 0.29) is 18.4 Å². The second-order valence-electron chi connectivity index (χ2n) is 7.00. The molecule has 0 aliphatic rings. The van der Waals surface area contributed by atoms with Crippen LogP contribution < -0.4 is 10.6 Å². The average Bonchev–Trinajstić information content (AvgIpc) is 2.71. The molecule has 2 N–H and O–H groups in total. The zero-order valence-corrected chi connectivity index (χ0v) is 16.6. The van der Waals surface area contributed by atoms with Crippen LogP contribution in [0.4, 0.5) is 11.4 Å². The van der Waals surface area contributed by atoms with E-state index in [1.54, 1.807) is 11.9 Å². The molecule has 1 unspecified atom stereocenters. The molecule has 0 bridgehead atoms. The van der Waals surface area contributed by atoms with E-state index < -0.39 is 6.04 Å². The summed E-state index contributed by atoms with van der Waals surface area (Å²) in [6.45, 7) is 2.07. The fourth-order valence-electron chi connectivity index (χ4n) is 3.13. The van der Waals surface area contributed by atoms with Gasteiger partial charge in [-0.15, -0.1) is 0 Å². The molecule has 3 aromatic rings. The molecule has 5 nitrogen and oxygen atoms in total. The lowest BCUT2D eigenvalue weighted by atomic mass is 10.0. The van der Waals surface area contributed by atoms with Crippen molar-refractivity contribution in [1.82, 2.24) is 4.90 Å². The van der Waals surface area contributed by atoms with Crippen molar-refractivity contribution >= 4 is 23.2 Å². The largest absolute Gasteiger partial charge is 0.325 e. The minimum absolute atomic E-state index is 0.0790. The number of aryl methyl sites for hydroxylation is 1. The highest BCUT2D eigenvalue weighted by Gasteiger charge is 2.26. The van der Waals surface area contributed by atoms with Crippen LogP contribution in [0.2, 0.25) is 0 Å². The van der Waals surface area contributed by atoms with Gasteiger partial charge in [0.15, 0.2) is 0 Å². The number of hydrogen-bond donors (Lipinski definition) is 2. The van der Waals surface area contributed by atoms with E-state index in [4.69, 9.17) is 0 Å². The van der Waals surface area contributed by atoms with Gasteiger partial charge in [-0.2, -0.15) is 0 Å². The van der Waals surface area contributed by atoms with E-state index in [1.807, 2.05) is 91.9 Å². The SMILES string of the molecule is Cc1ccc(NC(=O)CN(C)C(C(=O)Nc2ccccc2)c2ccccc2)cc1. The van der Waals surface area contributed by atoms with Crippen LogP contribution in [0.15, 0.2) is 84.9 Å². The zero-order chi connectivity index (χ0) is 20.6. The normalized spacial score (nSPS) is 11.7. The third-order valence-corrected chi connectivity index (χ3v) is 4.57. The van der Waals surface area contributed by atoms with Crippen LogP contribution >= 0.6 is 0 Å². The molecular weight excluding hydrogens is 362 g/mol. The van der Waals surface area contributed by atoms with E-state index in [0.29, 0.717) is 0 Å². The van der Waals surface area contributed by atoms with Crippen LogP contribution in [-0.2, 0) is 9.59 Å². The Labute approximate surface area is 171 Å². The number of anilines is 2. The van der Waals surface area contributed by atoms with Crippen molar-refractivity contribution in [3.8, 4) is 0 Å². The molecule has 0 heterocycles. The van der Waals surface area contributed by atoms with Crippen molar-refractivity contribution in [3.05, 3.63) is 96.1 Å². The van der Waals surface area contributed by atoms with Gasteiger partial charge in [0.1, 0.15) is 6.04 Å². The van der Waals surface area contributed by atoms with E-state index >= 15 is 0 Å².